The second kappa shape index (κ2) is 9.69. The Morgan fingerprint density at radius 1 is 1.21 bits per heavy atom. The number of carbonyl (C=O) groups is 1. The van der Waals surface area contributed by atoms with Gasteiger partial charge in [-0.15, -0.1) is 0 Å². The summed E-state index contributed by atoms with van der Waals surface area (Å²) in [4.78, 5) is 27.7. The van der Waals surface area contributed by atoms with Gasteiger partial charge in [-0.2, -0.15) is 4.31 Å². The summed E-state index contributed by atoms with van der Waals surface area (Å²) in [6.07, 6.45) is 1.33. The van der Waals surface area contributed by atoms with E-state index in [0.717, 1.165) is 29.4 Å². The summed E-state index contributed by atoms with van der Waals surface area (Å²) >= 11 is 0. The Kier molecular flexibility index (Phi) is 6.88. The van der Waals surface area contributed by atoms with Crippen molar-refractivity contribution in [2.45, 2.75) is 44.2 Å². The Morgan fingerprint density at radius 3 is 2.71 bits per heavy atom. The zero-order valence-corrected chi connectivity index (χ0v) is 20.3. The third kappa shape index (κ3) is 4.91. The number of benzene rings is 2. The fourth-order valence-corrected chi connectivity index (χ4v) is 5.83. The lowest BCUT2D eigenvalue weighted by Gasteiger charge is -2.25. The van der Waals surface area contributed by atoms with E-state index < -0.39 is 16.0 Å². The van der Waals surface area contributed by atoms with Crippen molar-refractivity contribution in [3.05, 3.63) is 75.1 Å². The molecule has 1 aromatic heterocycles. The normalized spacial score (nSPS) is 16.3. The summed E-state index contributed by atoms with van der Waals surface area (Å²) in [5, 5.41) is 0.863. The first-order valence-electron chi connectivity index (χ1n) is 11.1. The predicted molar refractivity (Wildman–Crippen MR) is 128 cm³/mol. The van der Waals surface area contributed by atoms with Gasteiger partial charge in [0.05, 0.1) is 23.7 Å². The minimum atomic E-state index is -4.05. The van der Waals surface area contributed by atoms with Crippen molar-refractivity contribution in [3.8, 4) is 0 Å². The Labute approximate surface area is 198 Å². The second-order valence-electron chi connectivity index (χ2n) is 8.62. The van der Waals surface area contributed by atoms with Crippen molar-refractivity contribution in [2.75, 3.05) is 20.3 Å². The van der Waals surface area contributed by atoms with Crippen LogP contribution in [-0.4, -0.2) is 50.0 Å². The maximum atomic E-state index is 13.7. The lowest BCUT2D eigenvalue weighted by Crippen LogP contribution is -2.38. The minimum Gasteiger partial charge on any atom is -0.465 e. The second-order valence-corrected chi connectivity index (χ2v) is 10.6. The van der Waals surface area contributed by atoms with E-state index in [9.17, 15) is 18.0 Å². The number of ether oxygens (including phenoxy) is 2. The summed E-state index contributed by atoms with van der Waals surface area (Å²) in [6.45, 7) is 4.47. The molecule has 0 bridgehead atoms. The largest absolute Gasteiger partial charge is 0.465 e. The summed E-state index contributed by atoms with van der Waals surface area (Å²) in [7, 11) is -2.81. The Hall–Kier alpha value is -3.01. The van der Waals surface area contributed by atoms with Gasteiger partial charge in [0.1, 0.15) is 0 Å². The molecule has 1 saturated heterocycles. The fourth-order valence-electron chi connectivity index (χ4n) is 4.34. The number of sulfonamides is 1. The number of hydrogen-bond acceptors (Lipinski definition) is 6. The van der Waals surface area contributed by atoms with Crippen LogP contribution in [0.4, 0.5) is 0 Å². The van der Waals surface area contributed by atoms with E-state index in [-0.39, 0.29) is 35.2 Å². The molecule has 1 atom stereocenters. The molecule has 1 fully saturated rings. The molecule has 3 aromatic rings. The van der Waals surface area contributed by atoms with Gasteiger partial charge in [-0.1, -0.05) is 12.1 Å². The highest BCUT2D eigenvalue weighted by atomic mass is 32.2. The van der Waals surface area contributed by atoms with Gasteiger partial charge in [-0.3, -0.25) is 4.79 Å². The summed E-state index contributed by atoms with van der Waals surface area (Å²) in [5.74, 6) is -0.625. The standard InChI is InChI=1S/C25H28N2O6S/c1-16-10-17(2)22-13-19(24(28)26-23(22)11-16)14-27(15-20-7-5-9-33-20)34(30,31)21-8-4-6-18(12-21)25(29)32-3/h4,6,8,10-13,20H,5,7,9,14-15H2,1-3H3,(H,26,28)/t20-/m1/s1. The molecule has 0 radical (unpaired) electrons. The van der Waals surface area contributed by atoms with Crippen LogP contribution in [0, 0.1) is 13.8 Å². The van der Waals surface area contributed by atoms with Crippen molar-refractivity contribution in [2.24, 2.45) is 0 Å². The molecule has 9 heteroatoms. The van der Waals surface area contributed by atoms with Crippen molar-refractivity contribution in [3.63, 3.8) is 0 Å². The Morgan fingerprint density at radius 2 is 2.00 bits per heavy atom. The van der Waals surface area contributed by atoms with Crippen LogP contribution in [-0.2, 0) is 26.0 Å². The molecule has 1 N–H and O–H groups in total. The molecule has 180 valence electrons. The lowest BCUT2D eigenvalue weighted by molar-refractivity contribution is 0.0600. The van der Waals surface area contributed by atoms with Crippen LogP contribution in [0.2, 0.25) is 0 Å². The van der Waals surface area contributed by atoms with Gasteiger partial charge >= 0.3 is 5.97 Å². The van der Waals surface area contributed by atoms with Gasteiger partial charge in [0.25, 0.3) is 5.56 Å². The topological polar surface area (TPSA) is 106 Å². The third-order valence-electron chi connectivity index (χ3n) is 6.06. The van der Waals surface area contributed by atoms with E-state index in [1.807, 2.05) is 26.0 Å². The highest BCUT2D eigenvalue weighted by molar-refractivity contribution is 7.89. The molecule has 0 unspecified atom stereocenters. The lowest BCUT2D eigenvalue weighted by atomic mass is 10.0. The number of nitrogens with zero attached hydrogens (tertiary/aromatic N) is 1. The molecule has 34 heavy (non-hydrogen) atoms. The number of rotatable bonds is 7. The number of fused-ring (bicyclic) bond motifs is 1. The number of aromatic amines is 1. The molecule has 0 aliphatic carbocycles. The Balaban J connectivity index is 1.76. The number of nitrogens with one attached hydrogen (secondary N) is 1. The van der Waals surface area contributed by atoms with Gasteiger partial charge in [0, 0.05) is 36.2 Å². The molecule has 1 aliphatic heterocycles. The molecule has 2 aromatic carbocycles. The molecule has 1 aliphatic rings. The maximum absolute atomic E-state index is 13.7. The zero-order valence-electron chi connectivity index (χ0n) is 19.5. The maximum Gasteiger partial charge on any atom is 0.337 e. The van der Waals surface area contributed by atoms with Crippen molar-refractivity contribution >= 4 is 26.9 Å². The quantitative estimate of drug-likeness (QED) is 0.516. The first kappa shape index (κ1) is 24.1. The van der Waals surface area contributed by atoms with Crippen LogP contribution in [0.15, 0.2) is 52.2 Å². The molecular formula is C25H28N2O6S. The summed E-state index contributed by atoms with van der Waals surface area (Å²) < 4.78 is 39.1. The number of hydrogen-bond donors (Lipinski definition) is 1. The van der Waals surface area contributed by atoms with E-state index >= 15 is 0 Å². The van der Waals surface area contributed by atoms with Gasteiger partial charge in [0.15, 0.2) is 0 Å². The van der Waals surface area contributed by atoms with Gasteiger partial charge < -0.3 is 14.5 Å². The number of aromatic nitrogens is 1. The Bertz CT molecular complexity index is 1390. The van der Waals surface area contributed by atoms with Crippen LogP contribution in [0.5, 0.6) is 0 Å². The van der Waals surface area contributed by atoms with Crippen LogP contribution in [0.1, 0.15) is 39.9 Å². The number of H-pyrrole nitrogens is 1. The molecule has 4 rings (SSSR count). The summed E-state index contributed by atoms with van der Waals surface area (Å²) in [6, 6.07) is 11.4. The SMILES string of the molecule is COC(=O)c1cccc(S(=O)(=O)N(Cc2cc3c(C)cc(C)cc3[nH]c2=O)C[C@H]2CCCO2)c1. The van der Waals surface area contributed by atoms with Crippen LogP contribution >= 0.6 is 0 Å². The summed E-state index contributed by atoms with van der Waals surface area (Å²) in [5.41, 5.74) is 2.87. The molecule has 0 amide bonds. The number of esters is 1. The average Bonchev–Trinajstić information content (AvgIpc) is 3.32. The number of aryl methyl sites for hydroxylation is 2. The molecule has 8 nitrogen and oxygen atoms in total. The average molecular weight is 485 g/mol. The smallest absolute Gasteiger partial charge is 0.337 e. The van der Waals surface area contributed by atoms with Crippen LogP contribution in [0.25, 0.3) is 10.9 Å². The monoisotopic (exact) mass is 484 g/mol. The third-order valence-corrected chi connectivity index (χ3v) is 7.87. The highest BCUT2D eigenvalue weighted by Gasteiger charge is 2.30. The van der Waals surface area contributed by atoms with E-state index in [4.69, 9.17) is 9.47 Å². The van der Waals surface area contributed by atoms with E-state index in [1.165, 1.54) is 35.7 Å². The van der Waals surface area contributed by atoms with E-state index in [0.29, 0.717) is 17.7 Å². The van der Waals surface area contributed by atoms with Crippen LogP contribution < -0.4 is 5.56 Å². The number of pyridine rings is 1. The minimum absolute atomic E-state index is 0.0441. The number of carbonyl (C=O) groups excluding carboxylic acids is 1. The highest BCUT2D eigenvalue weighted by Crippen LogP contribution is 2.24. The van der Waals surface area contributed by atoms with Crippen molar-refractivity contribution < 1.29 is 22.7 Å². The first-order valence-corrected chi connectivity index (χ1v) is 12.6. The molecule has 0 saturated carbocycles. The molecular weight excluding hydrogens is 456 g/mol. The predicted octanol–water partition coefficient (Wildman–Crippen LogP) is 3.30. The zero-order chi connectivity index (χ0) is 24.5. The first-order chi connectivity index (χ1) is 16.2. The fraction of sp³-hybridized carbons (Fsp3) is 0.360. The van der Waals surface area contributed by atoms with Gasteiger partial charge in [-0.25, -0.2) is 13.2 Å². The molecule has 2 heterocycles. The number of methoxy groups -OCH3 is 1. The van der Waals surface area contributed by atoms with Gasteiger partial charge in [-0.05, 0) is 68.1 Å². The van der Waals surface area contributed by atoms with Crippen LogP contribution in [0.3, 0.4) is 0 Å². The van der Waals surface area contributed by atoms with Gasteiger partial charge in [0.2, 0.25) is 10.0 Å². The van der Waals surface area contributed by atoms with E-state index in [2.05, 4.69) is 4.98 Å². The van der Waals surface area contributed by atoms with Crippen molar-refractivity contribution in [1.82, 2.24) is 9.29 Å². The molecule has 0 spiro atoms. The van der Waals surface area contributed by atoms with Crippen molar-refractivity contribution in [1.29, 1.82) is 0 Å². The van der Waals surface area contributed by atoms with E-state index in [1.54, 1.807) is 6.07 Å².